The van der Waals surface area contributed by atoms with Gasteiger partial charge in [-0.15, -0.1) is 11.3 Å². The third kappa shape index (κ3) is 2.87. The van der Waals surface area contributed by atoms with Crippen LogP contribution in [0.5, 0.6) is 0 Å². The van der Waals surface area contributed by atoms with Crippen LogP contribution in [-0.2, 0) is 6.54 Å². The molecule has 2 N–H and O–H groups in total. The Hall–Kier alpha value is -2.60. The van der Waals surface area contributed by atoms with E-state index in [0.717, 1.165) is 10.4 Å². The molecule has 1 amide bonds. The number of aromatic nitrogens is 1. The maximum Gasteiger partial charge on any atom is 0.261 e. The quantitative estimate of drug-likeness (QED) is 0.777. The summed E-state index contributed by atoms with van der Waals surface area (Å²) in [5.41, 5.74) is 1.33. The maximum absolute atomic E-state index is 12.1. The summed E-state index contributed by atoms with van der Waals surface area (Å²) in [6.45, 7) is 2.41. The molecule has 0 unspecified atom stereocenters. The molecule has 0 bridgehead atoms. The highest BCUT2D eigenvalue weighted by atomic mass is 32.1. The molecule has 0 atom stereocenters. The van der Waals surface area contributed by atoms with Crippen LogP contribution < -0.4 is 10.9 Å². The Morgan fingerprint density at radius 1 is 1.32 bits per heavy atom. The van der Waals surface area contributed by atoms with E-state index in [2.05, 4.69) is 10.3 Å². The standard InChI is InChI=1S/C16H14N2O3S/c1-10-6-8-22-14(10)9-17-15(19)11-4-5-12(18-16(11)20)13-3-2-7-21-13/h2-8H,9H2,1H3,(H,17,19)(H,18,20). The fraction of sp³-hybridized carbons (Fsp3) is 0.125. The topological polar surface area (TPSA) is 75.1 Å². The van der Waals surface area contributed by atoms with Crippen molar-refractivity contribution in [2.24, 2.45) is 0 Å². The highest BCUT2D eigenvalue weighted by Gasteiger charge is 2.12. The summed E-state index contributed by atoms with van der Waals surface area (Å²) in [5, 5.41) is 4.74. The van der Waals surface area contributed by atoms with E-state index in [1.807, 2.05) is 18.4 Å². The summed E-state index contributed by atoms with van der Waals surface area (Å²) in [7, 11) is 0. The highest BCUT2D eigenvalue weighted by molar-refractivity contribution is 7.10. The molecule has 3 heterocycles. The molecule has 5 nitrogen and oxygen atoms in total. The SMILES string of the molecule is Cc1ccsc1CNC(=O)c1ccc(-c2ccco2)[nH]c1=O. The van der Waals surface area contributed by atoms with Crippen LogP contribution in [-0.4, -0.2) is 10.9 Å². The van der Waals surface area contributed by atoms with Gasteiger partial charge in [0.2, 0.25) is 0 Å². The number of amides is 1. The summed E-state index contributed by atoms with van der Waals surface area (Å²) in [4.78, 5) is 27.9. The molecule has 6 heteroatoms. The van der Waals surface area contributed by atoms with Crippen molar-refractivity contribution >= 4 is 17.2 Å². The van der Waals surface area contributed by atoms with Gasteiger partial charge in [0.15, 0.2) is 0 Å². The number of rotatable bonds is 4. The number of thiophene rings is 1. The number of H-pyrrole nitrogens is 1. The molecule has 112 valence electrons. The Morgan fingerprint density at radius 2 is 2.18 bits per heavy atom. The van der Waals surface area contributed by atoms with Crippen LogP contribution in [0, 0.1) is 6.92 Å². The lowest BCUT2D eigenvalue weighted by molar-refractivity contribution is 0.0950. The number of carbonyl (C=O) groups is 1. The van der Waals surface area contributed by atoms with Crippen LogP contribution in [0.3, 0.4) is 0 Å². The summed E-state index contributed by atoms with van der Waals surface area (Å²) in [6, 6.07) is 8.64. The molecular formula is C16H14N2O3S. The molecule has 0 aromatic carbocycles. The van der Waals surface area contributed by atoms with Crippen molar-refractivity contribution in [2.75, 3.05) is 0 Å². The van der Waals surface area contributed by atoms with E-state index in [4.69, 9.17) is 4.42 Å². The third-order valence-corrected chi connectivity index (χ3v) is 4.34. The number of furan rings is 1. The second-order valence-corrected chi connectivity index (χ2v) is 5.80. The molecule has 0 radical (unpaired) electrons. The van der Waals surface area contributed by atoms with Crippen LogP contribution in [0.1, 0.15) is 20.8 Å². The Kier molecular flexibility index (Phi) is 3.93. The van der Waals surface area contributed by atoms with Gasteiger partial charge in [-0.2, -0.15) is 0 Å². The van der Waals surface area contributed by atoms with Gasteiger partial charge in [-0.3, -0.25) is 9.59 Å². The van der Waals surface area contributed by atoms with E-state index >= 15 is 0 Å². The minimum Gasteiger partial charge on any atom is -0.463 e. The lowest BCUT2D eigenvalue weighted by Gasteiger charge is -2.05. The predicted octanol–water partition coefficient (Wildman–Crippen LogP) is 2.93. The fourth-order valence-electron chi connectivity index (χ4n) is 2.07. The molecule has 0 fully saturated rings. The lowest BCUT2D eigenvalue weighted by Crippen LogP contribution is -2.29. The zero-order chi connectivity index (χ0) is 15.5. The van der Waals surface area contributed by atoms with Crippen LogP contribution in [0.4, 0.5) is 0 Å². The average Bonchev–Trinajstić information content (AvgIpc) is 3.16. The van der Waals surface area contributed by atoms with E-state index in [1.54, 1.807) is 29.5 Å². The van der Waals surface area contributed by atoms with E-state index in [-0.39, 0.29) is 11.5 Å². The largest absolute Gasteiger partial charge is 0.463 e. The first-order chi connectivity index (χ1) is 10.6. The molecule has 3 aromatic heterocycles. The van der Waals surface area contributed by atoms with E-state index in [1.165, 1.54) is 12.3 Å². The zero-order valence-corrected chi connectivity index (χ0v) is 12.7. The van der Waals surface area contributed by atoms with Gasteiger partial charge in [0, 0.05) is 4.88 Å². The van der Waals surface area contributed by atoms with Crippen molar-refractivity contribution in [1.82, 2.24) is 10.3 Å². The summed E-state index contributed by atoms with van der Waals surface area (Å²) < 4.78 is 5.22. The Labute approximate surface area is 130 Å². The smallest absolute Gasteiger partial charge is 0.261 e. The second-order valence-electron chi connectivity index (χ2n) is 4.80. The van der Waals surface area contributed by atoms with E-state index < -0.39 is 5.56 Å². The molecule has 22 heavy (non-hydrogen) atoms. The van der Waals surface area contributed by atoms with Crippen LogP contribution in [0.2, 0.25) is 0 Å². The maximum atomic E-state index is 12.1. The van der Waals surface area contributed by atoms with Gasteiger partial charge < -0.3 is 14.7 Å². The monoisotopic (exact) mass is 314 g/mol. The normalized spacial score (nSPS) is 10.6. The van der Waals surface area contributed by atoms with Crippen LogP contribution in [0.15, 0.2) is 51.2 Å². The number of aromatic amines is 1. The third-order valence-electron chi connectivity index (χ3n) is 3.32. The molecule has 0 aliphatic rings. The molecule has 0 aliphatic heterocycles. The van der Waals surface area contributed by atoms with E-state index in [0.29, 0.717) is 18.0 Å². The lowest BCUT2D eigenvalue weighted by atomic mass is 10.2. The number of nitrogens with one attached hydrogen (secondary N) is 2. The van der Waals surface area contributed by atoms with Crippen molar-refractivity contribution in [3.63, 3.8) is 0 Å². The zero-order valence-electron chi connectivity index (χ0n) is 11.9. The van der Waals surface area contributed by atoms with Crippen LogP contribution >= 0.6 is 11.3 Å². The summed E-state index contributed by atoms with van der Waals surface area (Å²) >= 11 is 1.58. The number of carbonyl (C=O) groups excluding carboxylic acids is 1. The van der Waals surface area contributed by atoms with Crippen LogP contribution in [0.25, 0.3) is 11.5 Å². The minimum absolute atomic E-state index is 0.0875. The van der Waals surface area contributed by atoms with Crippen molar-refractivity contribution in [1.29, 1.82) is 0 Å². The Bertz CT molecular complexity index is 846. The molecule has 0 saturated carbocycles. The number of hydrogen-bond acceptors (Lipinski definition) is 4. The summed E-state index contributed by atoms with van der Waals surface area (Å²) in [5.74, 6) is 0.165. The Morgan fingerprint density at radius 3 is 2.82 bits per heavy atom. The molecule has 0 saturated heterocycles. The Balaban J connectivity index is 1.76. The van der Waals surface area contributed by atoms with Crippen molar-refractivity contribution in [2.45, 2.75) is 13.5 Å². The molecule has 0 aliphatic carbocycles. The van der Waals surface area contributed by atoms with E-state index in [9.17, 15) is 9.59 Å². The minimum atomic E-state index is -0.436. The van der Waals surface area contributed by atoms with Gasteiger partial charge in [0.25, 0.3) is 11.5 Å². The van der Waals surface area contributed by atoms with Gasteiger partial charge in [0.05, 0.1) is 18.5 Å². The molecule has 3 aromatic rings. The average molecular weight is 314 g/mol. The van der Waals surface area contributed by atoms with Gasteiger partial charge in [-0.1, -0.05) is 0 Å². The molecule has 0 spiro atoms. The van der Waals surface area contributed by atoms with Crippen molar-refractivity contribution < 1.29 is 9.21 Å². The highest BCUT2D eigenvalue weighted by Crippen LogP contribution is 2.16. The van der Waals surface area contributed by atoms with Gasteiger partial charge >= 0.3 is 0 Å². The van der Waals surface area contributed by atoms with Crippen molar-refractivity contribution in [3.8, 4) is 11.5 Å². The first kappa shape index (κ1) is 14.3. The fourth-order valence-corrected chi connectivity index (χ4v) is 2.91. The second kappa shape index (κ2) is 6.03. The number of pyridine rings is 1. The first-order valence-corrected chi connectivity index (χ1v) is 7.61. The molecule has 3 rings (SSSR count). The summed E-state index contributed by atoms with van der Waals surface area (Å²) in [6.07, 6.45) is 1.53. The van der Waals surface area contributed by atoms with Gasteiger partial charge in [-0.25, -0.2) is 0 Å². The van der Waals surface area contributed by atoms with Gasteiger partial charge in [-0.05, 0) is 48.2 Å². The first-order valence-electron chi connectivity index (χ1n) is 6.73. The number of hydrogen-bond donors (Lipinski definition) is 2. The van der Waals surface area contributed by atoms with Gasteiger partial charge in [0.1, 0.15) is 11.3 Å². The predicted molar refractivity (Wildman–Crippen MR) is 85.0 cm³/mol. The van der Waals surface area contributed by atoms with Crippen molar-refractivity contribution in [3.05, 3.63) is 68.3 Å². The molecular weight excluding hydrogens is 300 g/mol. The number of aryl methyl sites for hydroxylation is 1.